The Balaban J connectivity index is 1.89. The molecule has 0 saturated carbocycles. The van der Waals surface area contributed by atoms with Crippen molar-refractivity contribution in [1.29, 1.82) is 0 Å². The number of rotatable bonds is 1. The third kappa shape index (κ3) is 2.01. The van der Waals surface area contributed by atoms with Crippen molar-refractivity contribution in [1.82, 2.24) is 4.98 Å². The van der Waals surface area contributed by atoms with Crippen LogP contribution in [0.4, 0.5) is 4.39 Å². The van der Waals surface area contributed by atoms with E-state index in [9.17, 15) is 9.50 Å². The molecule has 2 heterocycles. The van der Waals surface area contributed by atoms with Gasteiger partial charge in [0.2, 0.25) is 0 Å². The third-order valence-electron chi connectivity index (χ3n) is 3.09. The summed E-state index contributed by atoms with van der Waals surface area (Å²) < 4.78 is 18.9. The number of phenols is 1. The molecule has 0 saturated heterocycles. The molecule has 1 unspecified atom stereocenters. The van der Waals surface area contributed by atoms with Crippen molar-refractivity contribution in [3.8, 4) is 11.5 Å². The fraction of sp³-hybridized carbons (Fsp3) is 0.214. The zero-order valence-electron chi connectivity index (χ0n) is 9.64. The average Bonchev–Trinajstić information content (AvgIpc) is 2.38. The first-order valence-corrected chi connectivity index (χ1v) is 5.81. The number of hydrogen-bond donors (Lipinski definition) is 1. The molecule has 2 aromatic rings. The Morgan fingerprint density at radius 1 is 1.28 bits per heavy atom. The lowest BCUT2D eigenvalue weighted by atomic mass is 9.98. The van der Waals surface area contributed by atoms with Crippen LogP contribution in [0.3, 0.4) is 0 Å². The number of aryl methyl sites for hydroxylation is 1. The predicted molar refractivity (Wildman–Crippen MR) is 64.0 cm³/mol. The first-order valence-electron chi connectivity index (χ1n) is 5.81. The summed E-state index contributed by atoms with van der Waals surface area (Å²) in [7, 11) is 0. The Bertz CT molecular complexity index is 586. The molecule has 1 atom stereocenters. The van der Waals surface area contributed by atoms with Crippen molar-refractivity contribution >= 4 is 0 Å². The predicted octanol–water partition coefficient (Wildman–Crippen LogP) is 2.99. The van der Waals surface area contributed by atoms with Gasteiger partial charge in [0.25, 0.3) is 0 Å². The van der Waals surface area contributed by atoms with Crippen molar-refractivity contribution in [3.63, 3.8) is 0 Å². The van der Waals surface area contributed by atoms with E-state index >= 15 is 0 Å². The first-order chi connectivity index (χ1) is 8.72. The van der Waals surface area contributed by atoms with E-state index in [0.29, 0.717) is 0 Å². The molecule has 0 aliphatic carbocycles. The van der Waals surface area contributed by atoms with E-state index in [1.54, 1.807) is 24.4 Å². The number of halogens is 1. The van der Waals surface area contributed by atoms with Crippen molar-refractivity contribution in [2.45, 2.75) is 18.9 Å². The zero-order chi connectivity index (χ0) is 12.5. The van der Waals surface area contributed by atoms with Gasteiger partial charge in [-0.05, 0) is 42.7 Å². The third-order valence-corrected chi connectivity index (χ3v) is 3.09. The number of aromatic nitrogens is 1. The van der Waals surface area contributed by atoms with Crippen LogP contribution in [0.5, 0.6) is 11.5 Å². The molecule has 92 valence electrons. The first kappa shape index (κ1) is 11.0. The molecule has 18 heavy (non-hydrogen) atoms. The van der Waals surface area contributed by atoms with Gasteiger partial charge in [-0.3, -0.25) is 4.98 Å². The van der Waals surface area contributed by atoms with E-state index in [-0.39, 0.29) is 17.7 Å². The van der Waals surface area contributed by atoms with Crippen molar-refractivity contribution in [3.05, 3.63) is 53.6 Å². The van der Waals surface area contributed by atoms with Crippen molar-refractivity contribution < 1.29 is 14.2 Å². The highest BCUT2D eigenvalue weighted by Gasteiger charge is 2.22. The van der Waals surface area contributed by atoms with Crippen LogP contribution >= 0.6 is 0 Å². The summed E-state index contributed by atoms with van der Waals surface area (Å²) in [6.07, 6.45) is 4.18. The van der Waals surface area contributed by atoms with Crippen LogP contribution in [0.25, 0.3) is 0 Å². The van der Waals surface area contributed by atoms with Crippen LogP contribution in [0.2, 0.25) is 0 Å². The van der Waals surface area contributed by atoms with E-state index in [1.165, 1.54) is 12.3 Å². The molecule has 0 spiro atoms. The fourth-order valence-corrected chi connectivity index (χ4v) is 2.21. The lowest BCUT2D eigenvalue weighted by molar-refractivity contribution is 0.175. The minimum atomic E-state index is -0.354. The Morgan fingerprint density at radius 2 is 2.17 bits per heavy atom. The van der Waals surface area contributed by atoms with Crippen LogP contribution in [0.1, 0.15) is 23.7 Å². The number of hydrogen-bond acceptors (Lipinski definition) is 3. The zero-order valence-corrected chi connectivity index (χ0v) is 9.64. The number of ether oxygens (including phenoxy) is 1. The van der Waals surface area contributed by atoms with Gasteiger partial charge in [0.15, 0.2) is 0 Å². The molecule has 1 N–H and O–H groups in total. The largest absolute Gasteiger partial charge is 0.508 e. The number of pyridine rings is 1. The SMILES string of the molecule is Oc1ccc2c(c1)CCC(c1cncc(F)c1)O2. The Labute approximate surface area is 104 Å². The molecule has 3 nitrogen and oxygen atoms in total. The summed E-state index contributed by atoms with van der Waals surface area (Å²) in [5, 5.41) is 9.39. The van der Waals surface area contributed by atoms with Gasteiger partial charge in [-0.2, -0.15) is 0 Å². The van der Waals surface area contributed by atoms with Crippen LogP contribution in [0.15, 0.2) is 36.7 Å². The summed E-state index contributed by atoms with van der Waals surface area (Å²) in [6, 6.07) is 6.48. The van der Waals surface area contributed by atoms with Gasteiger partial charge in [0.05, 0.1) is 6.20 Å². The quantitative estimate of drug-likeness (QED) is 0.839. The molecule has 1 aromatic carbocycles. The molecule has 3 rings (SSSR count). The molecular weight excluding hydrogens is 233 g/mol. The number of nitrogens with zero attached hydrogens (tertiary/aromatic N) is 1. The van der Waals surface area contributed by atoms with Crippen LogP contribution < -0.4 is 4.74 Å². The second kappa shape index (κ2) is 4.29. The molecule has 0 radical (unpaired) electrons. The number of aromatic hydroxyl groups is 1. The van der Waals surface area contributed by atoms with Gasteiger partial charge < -0.3 is 9.84 Å². The lowest BCUT2D eigenvalue weighted by Gasteiger charge is -2.26. The van der Waals surface area contributed by atoms with Gasteiger partial charge in [0, 0.05) is 11.8 Å². The lowest BCUT2D eigenvalue weighted by Crippen LogP contribution is -2.15. The number of benzene rings is 1. The maximum Gasteiger partial charge on any atom is 0.141 e. The maximum atomic E-state index is 13.1. The van der Waals surface area contributed by atoms with Gasteiger partial charge in [-0.25, -0.2) is 4.39 Å². The summed E-state index contributed by atoms with van der Waals surface area (Å²) in [4.78, 5) is 3.83. The summed E-state index contributed by atoms with van der Waals surface area (Å²) in [5.41, 5.74) is 1.73. The molecule has 1 aliphatic rings. The van der Waals surface area contributed by atoms with Crippen molar-refractivity contribution in [2.75, 3.05) is 0 Å². The van der Waals surface area contributed by atoms with Gasteiger partial charge in [-0.1, -0.05) is 0 Å². The number of phenolic OH excluding ortho intramolecular Hbond substituents is 1. The average molecular weight is 245 g/mol. The molecular formula is C14H12FNO2. The van der Waals surface area contributed by atoms with E-state index < -0.39 is 0 Å². The van der Waals surface area contributed by atoms with Crippen LogP contribution in [-0.2, 0) is 6.42 Å². The van der Waals surface area contributed by atoms with Gasteiger partial charge in [0.1, 0.15) is 23.4 Å². The Morgan fingerprint density at radius 3 is 3.00 bits per heavy atom. The minimum absolute atomic E-state index is 0.176. The normalized spacial score (nSPS) is 17.9. The smallest absolute Gasteiger partial charge is 0.141 e. The highest BCUT2D eigenvalue weighted by molar-refractivity contribution is 5.41. The Hall–Kier alpha value is -2.10. The van der Waals surface area contributed by atoms with Gasteiger partial charge in [-0.15, -0.1) is 0 Å². The second-order valence-corrected chi connectivity index (χ2v) is 4.37. The monoisotopic (exact) mass is 245 g/mol. The standard InChI is InChI=1S/C14H12FNO2/c15-11-5-10(7-16-8-11)14-3-1-9-6-12(17)2-4-13(9)18-14/h2,4-8,14,17H,1,3H2. The van der Waals surface area contributed by atoms with E-state index in [1.807, 2.05) is 0 Å². The Kier molecular flexibility index (Phi) is 2.63. The molecule has 0 bridgehead atoms. The van der Waals surface area contributed by atoms with E-state index in [0.717, 1.165) is 29.7 Å². The van der Waals surface area contributed by atoms with Gasteiger partial charge >= 0.3 is 0 Å². The summed E-state index contributed by atoms with van der Waals surface area (Å²) >= 11 is 0. The minimum Gasteiger partial charge on any atom is -0.508 e. The van der Waals surface area contributed by atoms with Crippen LogP contribution in [0, 0.1) is 5.82 Å². The summed E-state index contributed by atoms with van der Waals surface area (Å²) in [6.45, 7) is 0. The second-order valence-electron chi connectivity index (χ2n) is 4.37. The molecule has 0 amide bonds. The number of fused-ring (bicyclic) bond motifs is 1. The maximum absolute atomic E-state index is 13.1. The molecule has 1 aromatic heterocycles. The molecule has 1 aliphatic heterocycles. The summed E-state index contributed by atoms with van der Waals surface area (Å²) in [5.74, 6) is 0.629. The highest BCUT2D eigenvalue weighted by Crippen LogP contribution is 2.36. The molecule has 0 fully saturated rings. The topological polar surface area (TPSA) is 42.4 Å². The van der Waals surface area contributed by atoms with Crippen molar-refractivity contribution in [2.24, 2.45) is 0 Å². The van der Waals surface area contributed by atoms with E-state index in [4.69, 9.17) is 4.74 Å². The fourth-order valence-electron chi connectivity index (χ4n) is 2.21. The molecule has 4 heteroatoms. The van der Waals surface area contributed by atoms with Crippen LogP contribution in [-0.4, -0.2) is 10.1 Å². The van der Waals surface area contributed by atoms with E-state index in [2.05, 4.69) is 4.98 Å². The highest BCUT2D eigenvalue weighted by atomic mass is 19.1.